The Morgan fingerprint density at radius 1 is 0.970 bits per heavy atom. The maximum absolute atomic E-state index is 13.9. The van der Waals surface area contributed by atoms with E-state index >= 15 is 0 Å². The summed E-state index contributed by atoms with van der Waals surface area (Å²) >= 11 is 0. The van der Waals surface area contributed by atoms with E-state index in [1.165, 1.54) is 0 Å². The molecule has 0 N–H and O–H groups in total. The summed E-state index contributed by atoms with van der Waals surface area (Å²) in [6, 6.07) is 16.8. The number of fused-ring (bicyclic) bond motifs is 1. The number of piperazine rings is 1. The number of aryl methyl sites for hydroxylation is 2. The van der Waals surface area contributed by atoms with Crippen LogP contribution in [-0.2, 0) is 11.2 Å². The van der Waals surface area contributed by atoms with Gasteiger partial charge in [0.15, 0.2) is 5.69 Å². The van der Waals surface area contributed by atoms with Crippen LogP contribution in [0.5, 0.6) is 0 Å². The third kappa shape index (κ3) is 4.04. The van der Waals surface area contributed by atoms with Gasteiger partial charge in [0, 0.05) is 37.4 Å². The number of hydrogen-bond acceptors (Lipinski definition) is 5. The van der Waals surface area contributed by atoms with Crippen molar-refractivity contribution in [2.75, 3.05) is 38.1 Å². The minimum absolute atomic E-state index is 0.00961. The van der Waals surface area contributed by atoms with Gasteiger partial charge >= 0.3 is 0 Å². The van der Waals surface area contributed by atoms with E-state index in [1.54, 1.807) is 11.8 Å². The van der Waals surface area contributed by atoms with Crippen molar-refractivity contribution in [2.45, 2.75) is 25.8 Å². The van der Waals surface area contributed by atoms with Gasteiger partial charge in [-0.15, -0.1) is 0 Å². The molecule has 3 heterocycles. The zero-order valence-electron chi connectivity index (χ0n) is 19.0. The third-order valence-corrected chi connectivity index (χ3v) is 6.59. The van der Waals surface area contributed by atoms with Gasteiger partial charge in [-0.2, -0.15) is 0 Å². The lowest BCUT2D eigenvalue weighted by Crippen LogP contribution is -2.57. The van der Waals surface area contributed by atoms with Crippen molar-refractivity contribution >= 4 is 17.5 Å². The van der Waals surface area contributed by atoms with Crippen LogP contribution in [0.1, 0.15) is 28.2 Å². The van der Waals surface area contributed by atoms with E-state index in [4.69, 9.17) is 4.42 Å². The second-order valence-corrected chi connectivity index (χ2v) is 8.78. The number of nitrogens with zero attached hydrogens (tertiary/aromatic N) is 4. The van der Waals surface area contributed by atoms with Gasteiger partial charge in [0.25, 0.3) is 5.91 Å². The Balaban J connectivity index is 1.51. The average molecular weight is 445 g/mol. The molecule has 1 unspecified atom stereocenters. The first-order valence-electron chi connectivity index (χ1n) is 11.4. The fourth-order valence-electron chi connectivity index (χ4n) is 4.68. The molecular weight excluding hydrogens is 416 g/mol. The summed E-state index contributed by atoms with van der Waals surface area (Å²) in [5.41, 5.74) is 2.91. The zero-order chi connectivity index (χ0) is 22.9. The van der Waals surface area contributed by atoms with Crippen molar-refractivity contribution in [3.8, 4) is 11.5 Å². The number of para-hydroxylation sites is 1. The van der Waals surface area contributed by atoms with Crippen LogP contribution in [0.2, 0.25) is 0 Å². The standard InChI is InChI=1S/C26H28N4O3/c1-18-23(27-24(33-18)20-9-4-3-5-10-20)26(32)30-21-11-7-6-8-19(21)12-13-22(30)25(31)29-16-14-28(2)15-17-29/h3-11,22H,12-17H2,1-2H3. The Morgan fingerprint density at radius 2 is 1.67 bits per heavy atom. The molecule has 2 amide bonds. The first kappa shape index (κ1) is 21.4. The van der Waals surface area contributed by atoms with Crippen LogP contribution in [-0.4, -0.2) is 65.9 Å². The molecule has 7 nitrogen and oxygen atoms in total. The van der Waals surface area contributed by atoms with Gasteiger partial charge in [-0.1, -0.05) is 36.4 Å². The summed E-state index contributed by atoms with van der Waals surface area (Å²) in [4.78, 5) is 37.8. The van der Waals surface area contributed by atoms with E-state index in [2.05, 4.69) is 16.9 Å². The number of aromatic nitrogens is 1. The van der Waals surface area contributed by atoms with Crippen molar-refractivity contribution in [2.24, 2.45) is 0 Å². The second-order valence-electron chi connectivity index (χ2n) is 8.78. The van der Waals surface area contributed by atoms with Gasteiger partial charge in [0.2, 0.25) is 11.8 Å². The number of carbonyl (C=O) groups is 2. The molecule has 5 rings (SSSR count). The summed E-state index contributed by atoms with van der Waals surface area (Å²) in [6.07, 6.45) is 1.35. The molecular formula is C26H28N4O3. The number of carbonyl (C=O) groups excluding carboxylic acids is 2. The SMILES string of the molecule is Cc1oc(-c2ccccc2)nc1C(=O)N1c2ccccc2CCC1C(=O)N1CCN(C)CC1. The fourth-order valence-corrected chi connectivity index (χ4v) is 4.68. The van der Waals surface area contributed by atoms with Gasteiger partial charge in [0.05, 0.1) is 0 Å². The van der Waals surface area contributed by atoms with Crippen molar-refractivity contribution in [1.82, 2.24) is 14.8 Å². The normalized spacial score (nSPS) is 18.8. The highest BCUT2D eigenvalue weighted by Gasteiger charge is 2.40. The number of rotatable bonds is 3. The molecule has 0 aliphatic carbocycles. The molecule has 170 valence electrons. The Hall–Kier alpha value is -3.45. The quantitative estimate of drug-likeness (QED) is 0.619. The maximum atomic E-state index is 13.9. The first-order valence-corrected chi connectivity index (χ1v) is 11.4. The molecule has 1 fully saturated rings. The summed E-state index contributed by atoms with van der Waals surface area (Å²) in [6.45, 7) is 4.78. The van der Waals surface area contributed by atoms with E-state index in [-0.39, 0.29) is 17.5 Å². The smallest absolute Gasteiger partial charge is 0.281 e. The molecule has 0 bridgehead atoms. The number of amides is 2. The molecule has 0 saturated carbocycles. The Morgan fingerprint density at radius 3 is 2.42 bits per heavy atom. The Kier molecular flexibility index (Phi) is 5.72. The molecule has 33 heavy (non-hydrogen) atoms. The number of oxazole rings is 1. The van der Waals surface area contributed by atoms with E-state index in [9.17, 15) is 9.59 Å². The number of hydrogen-bond donors (Lipinski definition) is 0. The summed E-state index contributed by atoms with van der Waals surface area (Å²) in [5.74, 6) is 0.574. The van der Waals surface area contributed by atoms with Crippen LogP contribution in [0.4, 0.5) is 5.69 Å². The van der Waals surface area contributed by atoms with E-state index < -0.39 is 6.04 Å². The lowest BCUT2D eigenvalue weighted by Gasteiger charge is -2.40. The van der Waals surface area contributed by atoms with Gasteiger partial charge in [-0.3, -0.25) is 14.5 Å². The number of benzene rings is 2. The van der Waals surface area contributed by atoms with Crippen LogP contribution in [0.15, 0.2) is 59.0 Å². The van der Waals surface area contributed by atoms with Gasteiger partial charge < -0.3 is 14.2 Å². The van der Waals surface area contributed by atoms with Crippen LogP contribution < -0.4 is 4.90 Å². The molecule has 0 spiro atoms. The predicted octanol–water partition coefficient (Wildman–Crippen LogP) is 3.39. The zero-order valence-corrected chi connectivity index (χ0v) is 19.0. The predicted molar refractivity (Wildman–Crippen MR) is 126 cm³/mol. The largest absolute Gasteiger partial charge is 0.441 e. The van der Waals surface area contributed by atoms with Crippen molar-refractivity contribution in [3.05, 3.63) is 71.6 Å². The lowest BCUT2D eigenvalue weighted by molar-refractivity contribution is -0.134. The highest BCUT2D eigenvalue weighted by molar-refractivity contribution is 6.10. The van der Waals surface area contributed by atoms with E-state index in [1.807, 2.05) is 59.5 Å². The monoisotopic (exact) mass is 444 g/mol. The molecule has 0 radical (unpaired) electrons. The van der Waals surface area contributed by atoms with E-state index in [0.29, 0.717) is 31.2 Å². The molecule has 2 aromatic carbocycles. The lowest BCUT2D eigenvalue weighted by atomic mass is 9.94. The van der Waals surface area contributed by atoms with E-state index in [0.717, 1.165) is 36.3 Å². The van der Waals surface area contributed by atoms with Gasteiger partial charge in [0.1, 0.15) is 11.8 Å². The van der Waals surface area contributed by atoms with Gasteiger partial charge in [-0.05, 0) is 50.6 Å². The van der Waals surface area contributed by atoms with Crippen LogP contribution in [0.3, 0.4) is 0 Å². The molecule has 1 atom stereocenters. The molecule has 2 aliphatic rings. The molecule has 7 heteroatoms. The minimum Gasteiger partial charge on any atom is -0.441 e. The van der Waals surface area contributed by atoms with Crippen molar-refractivity contribution < 1.29 is 14.0 Å². The Labute approximate surface area is 193 Å². The molecule has 1 saturated heterocycles. The first-order chi connectivity index (χ1) is 16.0. The average Bonchev–Trinajstić information content (AvgIpc) is 3.25. The number of likely N-dealkylation sites (N-methyl/N-ethyl adjacent to an activating group) is 1. The molecule has 3 aromatic rings. The summed E-state index contributed by atoms with van der Waals surface area (Å²) in [7, 11) is 2.06. The minimum atomic E-state index is -0.549. The van der Waals surface area contributed by atoms with Crippen molar-refractivity contribution in [3.63, 3.8) is 0 Å². The third-order valence-electron chi connectivity index (χ3n) is 6.59. The highest BCUT2D eigenvalue weighted by atomic mass is 16.4. The van der Waals surface area contributed by atoms with Crippen LogP contribution in [0, 0.1) is 6.92 Å². The second kappa shape index (κ2) is 8.83. The topological polar surface area (TPSA) is 69.9 Å². The van der Waals surface area contributed by atoms with Crippen LogP contribution >= 0.6 is 0 Å². The number of anilines is 1. The summed E-state index contributed by atoms with van der Waals surface area (Å²) < 4.78 is 5.87. The fraction of sp³-hybridized carbons (Fsp3) is 0.346. The summed E-state index contributed by atoms with van der Waals surface area (Å²) in [5, 5.41) is 0. The molecule has 2 aliphatic heterocycles. The van der Waals surface area contributed by atoms with Crippen LogP contribution in [0.25, 0.3) is 11.5 Å². The Bertz CT molecular complexity index is 1170. The van der Waals surface area contributed by atoms with Gasteiger partial charge in [-0.25, -0.2) is 4.98 Å². The molecule has 1 aromatic heterocycles. The highest BCUT2D eigenvalue weighted by Crippen LogP contribution is 2.34. The van der Waals surface area contributed by atoms with Crippen molar-refractivity contribution in [1.29, 1.82) is 0 Å². The maximum Gasteiger partial charge on any atom is 0.281 e.